The summed E-state index contributed by atoms with van der Waals surface area (Å²) in [5.74, 6) is -0.608. The Balaban J connectivity index is 1.95. The Kier molecular flexibility index (Phi) is 8.81. The lowest BCUT2D eigenvalue weighted by Gasteiger charge is -2.21. The molecule has 1 amide bonds. The van der Waals surface area contributed by atoms with Crippen molar-refractivity contribution in [2.75, 3.05) is 13.2 Å². The molecule has 0 aliphatic carbocycles. The van der Waals surface area contributed by atoms with Gasteiger partial charge in [-0.15, -0.1) is 0 Å². The van der Waals surface area contributed by atoms with Crippen molar-refractivity contribution in [1.29, 1.82) is 0 Å². The average Bonchev–Trinajstić information content (AvgIpc) is 2.85. The molecular weight excluding hydrogens is 470 g/mol. The molecule has 1 aromatic heterocycles. The molecule has 9 heteroatoms. The number of aromatic amines is 1. The van der Waals surface area contributed by atoms with Crippen molar-refractivity contribution < 1.29 is 20.2 Å². The average molecular weight is 498 g/mol. The van der Waals surface area contributed by atoms with Gasteiger partial charge in [0, 0.05) is 46.8 Å². The first-order chi connectivity index (χ1) is 16.7. The van der Waals surface area contributed by atoms with Gasteiger partial charge < -0.3 is 25.7 Å². The summed E-state index contributed by atoms with van der Waals surface area (Å²) in [6, 6.07) is 14.2. The standard InChI is InChI=1S/C26H28ClN3O5/c1-15-10-20(27)7-8-22(15)23(11-24(30-35)19-9-16(2)25(33)28-12-19)17-3-5-18(6-4-17)26(34)29-13-21(32)14-31/h3-10,12,21,23,31-32,35H,11,13-14H2,1-2H3,(H,28,33)(H,29,34)/b30-24+/t21-,23?/m1/s1. The van der Waals surface area contributed by atoms with E-state index in [1.807, 2.05) is 31.2 Å². The summed E-state index contributed by atoms with van der Waals surface area (Å²) in [4.78, 5) is 26.8. The zero-order chi connectivity index (χ0) is 25.5. The molecule has 0 saturated heterocycles. The fraction of sp³-hybridized carbons (Fsp3) is 0.269. The van der Waals surface area contributed by atoms with Gasteiger partial charge in [0.05, 0.1) is 18.4 Å². The minimum absolute atomic E-state index is 0.0570. The number of halogens is 1. The van der Waals surface area contributed by atoms with Crippen LogP contribution in [0, 0.1) is 13.8 Å². The number of carbonyl (C=O) groups is 1. The number of H-pyrrole nitrogens is 1. The lowest BCUT2D eigenvalue weighted by molar-refractivity contribution is 0.0802. The number of carbonyl (C=O) groups excluding carboxylic acids is 1. The molecule has 0 bridgehead atoms. The highest BCUT2D eigenvalue weighted by molar-refractivity contribution is 6.30. The molecule has 0 fully saturated rings. The Morgan fingerprint density at radius 1 is 1.09 bits per heavy atom. The molecule has 8 nitrogen and oxygen atoms in total. The highest BCUT2D eigenvalue weighted by Crippen LogP contribution is 2.33. The maximum atomic E-state index is 12.4. The molecule has 184 valence electrons. The number of nitrogens with zero attached hydrogens (tertiary/aromatic N) is 1. The molecule has 0 spiro atoms. The summed E-state index contributed by atoms with van der Waals surface area (Å²) in [7, 11) is 0. The number of aromatic nitrogens is 1. The Morgan fingerprint density at radius 2 is 1.80 bits per heavy atom. The molecule has 2 atom stereocenters. The topological polar surface area (TPSA) is 135 Å². The molecule has 3 rings (SSSR count). The molecule has 3 aromatic rings. The summed E-state index contributed by atoms with van der Waals surface area (Å²) in [5, 5.41) is 34.9. The summed E-state index contributed by atoms with van der Waals surface area (Å²) in [5.41, 5.74) is 4.49. The summed E-state index contributed by atoms with van der Waals surface area (Å²) >= 11 is 6.17. The van der Waals surface area contributed by atoms with E-state index in [4.69, 9.17) is 16.7 Å². The first-order valence-electron chi connectivity index (χ1n) is 11.1. The smallest absolute Gasteiger partial charge is 0.251 e. The van der Waals surface area contributed by atoms with Crippen LogP contribution >= 0.6 is 11.6 Å². The zero-order valence-electron chi connectivity index (χ0n) is 19.5. The van der Waals surface area contributed by atoms with Gasteiger partial charge in [-0.25, -0.2) is 0 Å². The van der Waals surface area contributed by atoms with E-state index in [1.54, 1.807) is 31.2 Å². The van der Waals surface area contributed by atoms with E-state index >= 15 is 0 Å². The Labute approximate surface area is 207 Å². The maximum Gasteiger partial charge on any atom is 0.251 e. The van der Waals surface area contributed by atoms with Crippen LogP contribution in [0.5, 0.6) is 0 Å². The SMILES string of the molecule is Cc1cc(Cl)ccc1C(C/C(=N\O)c1c[nH]c(=O)c(C)c1)c1ccc(C(=O)NC[C@@H](O)CO)cc1. The summed E-state index contributed by atoms with van der Waals surface area (Å²) in [6.07, 6.45) is 0.812. The van der Waals surface area contributed by atoms with E-state index in [9.17, 15) is 19.9 Å². The van der Waals surface area contributed by atoms with Crippen LogP contribution in [0.3, 0.4) is 0 Å². The normalized spacial score (nSPS) is 13.3. The first kappa shape index (κ1) is 26.2. The van der Waals surface area contributed by atoms with E-state index in [-0.39, 0.29) is 23.9 Å². The number of benzene rings is 2. The number of hydrogen-bond acceptors (Lipinski definition) is 6. The summed E-state index contributed by atoms with van der Waals surface area (Å²) < 4.78 is 0. The minimum Gasteiger partial charge on any atom is -0.411 e. The lowest BCUT2D eigenvalue weighted by Crippen LogP contribution is -2.33. The highest BCUT2D eigenvalue weighted by atomic mass is 35.5. The second kappa shape index (κ2) is 11.8. The van der Waals surface area contributed by atoms with Gasteiger partial charge in [0.2, 0.25) is 0 Å². The van der Waals surface area contributed by atoms with Gasteiger partial charge in [0.15, 0.2) is 0 Å². The van der Waals surface area contributed by atoms with Crippen LogP contribution in [0.25, 0.3) is 0 Å². The number of amides is 1. The van der Waals surface area contributed by atoms with E-state index in [2.05, 4.69) is 15.5 Å². The lowest BCUT2D eigenvalue weighted by atomic mass is 9.83. The van der Waals surface area contributed by atoms with Crippen LogP contribution in [0.15, 0.2) is 64.7 Å². The Hall–Kier alpha value is -3.46. The Morgan fingerprint density at radius 3 is 2.40 bits per heavy atom. The number of nitrogens with one attached hydrogen (secondary N) is 2. The van der Waals surface area contributed by atoms with Crippen molar-refractivity contribution >= 4 is 23.2 Å². The minimum atomic E-state index is -1.02. The van der Waals surface area contributed by atoms with Gasteiger partial charge >= 0.3 is 0 Å². The second-order valence-electron chi connectivity index (χ2n) is 8.37. The summed E-state index contributed by atoms with van der Waals surface area (Å²) in [6.45, 7) is 3.13. The van der Waals surface area contributed by atoms with Gasteiger partial charge in [-0.2, -0.15) is 0 Å². The first-order valence-corrected chi connectivity index (χ1v) is 11.4. The predicted molar refractivity (Wildman–Crippen MR) is 135 cm³/mol. The van der Waals surface area contributed by atoms with Gasteiger partial charge in [-0.1, -0.05) is 35.0 Å². The van der Waals surface area contributed by atoms with Crippen LogP contribution in [-0.2, 0) is 0 Å². The second-order valence-corrected chi connectivity index (χ2v) is 8.81. The monoisotopic (exact) mass is 497 g/mol. The number of pyridine rings is 1. The van der Waals surface area contributed by atoms with Crippen molar-refractivity contribution in [3.05, 3.63) is 103 Å². The molecule has 1 unspecified atom stereocenters. The number of aryl methyl sites for hydroxylation is 2. The van der Waals surface area contributed by atoms with Crippen LogP contribution in [0.4, 0.5) is 0 Å². The fourth-order valence-electron chi connectivity index (χ4n) is 3.86. The third-order valence-electron chi connectivity index (χ3n) is 5.83. The molecule has 1 heterocycles. The van der Waals surface area contributed by atoms with Gasteiger partial charge in [-0.3, -0.25) is 9.59 Å². The number of aliphatic hydroxyl groups is 2. The van der Waals surface area contributed by atoms with E-state index < -0.39 is 12.7 Å². The van der Waals surface area contributed by atoms with Crippen molar-refractivity contribution in [2.45, 2.75) is 32.3 Å². The van der Waals surface area contributed by atoms with Crippen LogP contribution in [0.1, 0.15) is 50.5 Å². The Bertz CT molecular complexity index is 1270. The molecule has 0 saturated carbocycles. The van der Waals surface area contributed by atoms with Crippen LogP contribution in [0.2, 0.25) is 5.02 Å². The number of oxime groups is 1. The third-order valence-corrected chi connectivity index (χ3v) is 6.07. The largest absolute Gasteiger partial charge is 0.411 e. The van der Waals surface area contributed by atoms with Crippen molar-refractivity contribution in [3.8, 4) is 0 Å². The molecular formula is C26H28ClN3O5. The predicted octanol–water partition coefficient (Wildman–Crippen LogP) is 3.13. The van der Waals surface area contributed by atoms with E-state index in [0.717, 1.165) is 16.7 Å². The van der Waals surface area contributed by atoms with Crippen molar-refractivity contribution in [1.82, 2.24) is 10.3 Å². The number of rotatable bonds is 9. The molecule has 2 aromatic carbocycles. The molecule has 35 heavy (non-hydrogen) atoms. The molecule has 0 aliphatic heterocycles. The van der Waals surface area contributed by atoms with Gasteiger partial charge in [-0.05, 0) is 60.9 Å². The van der Waals surface area contributed by atoms with E-state index in [1.165, 1.54) is 6.20 Å². The molecule has 0 aliphatic rings. The third kappa shape index (κ3) is 6.57. The number of aliphatic hydroxyl groups excluding tert-OH is 2. The number of hydrogen-bond donors (Lipinski definition) is 5. The van der Waals surface area contributed by atoms with E-state index in [0.29, 0.717) is 33.8 Å². The van der Waals surface area contributed by atoms with Gasteiger partial charge in [0.25, 0.3) is 11.5 Å². The fourth-order valence-corrected chi connectivity index (χ4v) is 4.08. The van der Waals surface area contributed by atoms with Crippen LogP contribution < -0.4 is 10.9 Å². The molecule has 0 radical (unpaired) electrons. The van der Waals surface area contributed by atoms with Crippen molar-refractivity contribution in [2.24, 2.45) is 5.16 Å². The maximum absolute atomic E-state index is 12.4. The highest BCUT2D eigenvalue weighted by Gasteiger charge is 2.21. The van der Waals surface area contributed by atoms with Crippen LogP contribution in [-0.4, -0.2) is 51.3 Å². The molecule has 5 N–H and O–H groups in total. The zero-order valence-corrected chi connectivity index (χ0v) is 20.2. The van der Waals surface area contributed by atoms with Gasteiger partial charge in [0.1, 0.15) is 0 Å². The van der Waals surface area contributed by atoms with Crippen molar-refractivity contribution in [3.63, 3.8) is 0 Å². The quantitative estimate of drug-likeness (QED) is 0.176.